The molecule has 0 spiro atoms. The number of fused-ring (bicyclic) bond motifs is 1. The third-order valence-electron chi connectivity index (χ3n) is 2.83. The molecule has 0 fully saturated rings. The lowest BCUT2D eigenvalue weighted by molar-refractivity contribution is -0.116. The number of aromatic nitrogens is 2. The van der Waals surface area contributed by atoms with E-state index in [1.165, 1.54) is 12.1 Å². The number of carbonyl (C=O) groups is 1. The van der Waals surface area contributed by atoms with Crippen molar-refractivity contribution in [3.63, 3.8) is 0 Å². The molecule has 1 aliphatic heterocycles. The molecule has 1 aromatic rings. The van der Waals surface area contributed by atoms with Gasteiger partial charge in [0.05, 0.1) is 18.4 Å². The van der Waals surface area contributed by atoms with E-state index in [0.29, 0.717) is 6.42 Å². The van der Waals surface area contributed by atoms with Crippen molar-refractivity contribution in [2.45, 2.75) is 39.7 Å². The Morgan fingerprint density at radius 1 is 1.71 bits per heavy atom. The molecule has 14 heavy (non-hydrogen) atoms. The first kappa shape index (κ1) is 9.44. The lowest BCUT2D eigenvalue weighted by Crippen LogP contribution is -2.18. The monoisotopic (exact) mass is 192 g/mol. The van der Waals surface area contributed by atoms with Gasteiger partial charge in [-0.25, -0.2) is 4.98 Å². The Bertz CT molecular complexity index is 354. The van der Waals surface area contributed by atoms with Crippen molar-refractivity contribution < 1.29 is 4.79 Å². The molecule has 1 atom stereocenters. The fourth-order valence-electron chi connectivity index (χ4n) is 2.09. The molecular weight excluding hydrogens is 176 g/mol. The van der Waals surface area contributed by atoms with Crippen molar-refractivity contribution in [3.8, 4) is 0 Å². The van der Waals surface area contributed by atoms with Gasteiger partial charge in [0.1, 0.15) is 5.78 Å². The molecular formula is C11H16N2O. The number of rotatable bonds is 2. The van der Waals surface area contributed by atoms with Crippen molar-refractivity contribution in [2.75, 3.05) is 0 Å². The standard InChI is InChI=1S/C11H16N2O/c1-8-3-4-11-10(5-9(2)14)12-7-13(11)6-8/h7-8H,3-6H2,1-2H3. The average Bonchev–Trinajstić information content (AvgIpc) is 2.47. The van der Waals surface area contributed by atoms with Crippen LogP contribution in [0.25, 0.3) is 0 Å². The number of carbonyl (C=O) groups excluding carboxylic acids is 1. The van der Waals surface area contributed by atoms with E-state index in [9.17, 15) is 4.79 Å². The Morgan fingerprint density at radius 2 is 2.50 bits per heavy atom. The highest BCUT2D eigenvalue weighted by Crippen LogP contribution is 2.22. The second-order valence-corrected chi connectivity index (χ2v) is 4.31. The molecule has 0 N–H and O–H groups in total. The van der Waals surface area contributed by atoms with E-state index in [0.717, 1.165) is 24.6 Å². The van der Waals surface area contributed by atoms with Crippen LogP contribution in [0.3, 0.4) is 0 Å². The summed E-state index contributed by atoms with van der Waals surface area (Å²) in [7, 11) is 0. The zero-order valence-electron chi connectivity index (χ0n) is 8.79. The minimum absolute atomic E-state index is 0.199. The summed E-state index contributed by atoms with van der Waals surface area (Å²) in [6.45, 7) is 4.94. The fourth-order valence-corrected chi connectivity index (χ4v) is 2.09. The Labute approximate surface area is 84.1 Å². The van der Waals surface area contributed by atoms with E-state index in [1.807, 2.05) is 6.33 Å². The van der Waals surface area contributed by atoms with E-state index >= 15 is 0 Å². The maximum absolute atomic E-state index is 11.0. The minimum atomic E-state index is 0.199. The molecule has 0 aliphatic carbocycles. The summed E-state index contributed by atoms with van der Waals surface area (Å²) >= 11 is 0. The van der Waals surface area contributed by atoms with Crippen molar-refractivity contribution in [1.82, 2.24) is 9.55 Å². The van der Waals surface area contributed by atoms with Gasteiger partial charge in [-0.3, -0.25) is 4.79 Å². The molecule has 1 unspecified atom stereocenters. The Kier molecular flexibility index (Phi) is 2.40. The Balaban J connectivity index is 2.24. The number of Topliss-reactive ketones (excluding diaryl/α,β-unsaturated/α-hetero) is 1. The smallest absolute Gasteiger partial charge is 0.135 e. The highest BCUT2D eigenvalue weighted by molar-refractivity contribution is 5.77. The second-order valence-electron chi connectivity index (χ2n) is 4.31. The van der Waals surface area contributed by atoms with Crippen LogP contribution < -0.4 is 0 Å². The molecule has 2 heterocycles. The summed E-state index contributed by atoms with van der Waals surface area (Å²) in [4.78, 5) is 15.3. The van der Waals surface area contributed by atoms with Crippen molar-refractivity contribution in [2.24, 2.45) is 5.92 Å². The lowest BCUT2D eigenvalue weighted by Gasteiger charge is -2.21. The maximum Gasteiger partial charge on any atom is 0.135 e. The summed E-state index contributed by atoms with van der Waals surface area (Å²) in [6, 6.07) is 0. The molecule has 0 radical (unpaired) electrons. The Morgan fingerprint density at radius 3 is 3.21 bits per heavy atom. The highest BCUT2D eigenvalue weighted by atomic mass is 16.1. The normalized spacial score (nSPS) is 20.6. The van der Waals surface area contributed by atoms with Crippen LogP contribution in [0.5, 0.6) is 0 Å². The van der Waals surface area contributed by atoms with Gasteiger partial charge in [-0.05, 0) is 25.7 Å². The van der Waals surface area contributed by atoms with Crippen LogP contribution in [-0.4, -0.2) is 15.3 Å². The molecule has 0 amide bonds. The third kappa shape index (κ3) is 1.72. The predicted octanol–water partition coefficient (Wildman–Crippen LogP) is 1.60. The molecule has 76 valence electrons. The summed E-state index contributed by atoms with van der Waals surface area (Å²) in [5, 5.41) is 0. The lowest BCUT2D eigenvalue weighted by atomic mass is 9.98. The molecule has 0 saturated carbocycles. The van der Waals surface area contributed by atoms with Gasteiger partial charge in [-0.2, -0.15) is 0 Å². The first-order valence-corrected chi connectivity index (χ1v) is 5.19. The minimum Gasteiger partial charge on any atom is -0.334 e. The zero-order chi connectivity index (χ0) is 10.1. The molecule has 3 heteroatoms. The van der Waals surface area contributed by atoms with E-state index in [1.54, 1.807) is 6.92 Å². The van der Waals surface area contributed by atoms with Gasteiger partial charge in [0.15, 0.2) is 0 Å². The fraction of sp³-hybridized carbons (Fsp3) is 0.636. The van der Waals surface area contributed by atoms with Crippen LogP contribution in [-0.2, 0) is 24.2 Å². The van der Waals surface area contributed by atoms with E-state index < -0.39 is 0 Å². The average molecular weight is 192 g/mol. The van der Waals surface area contributed by atoms with Crippen molar-refractivity contribution in [3.05, 3.63) is 17.7 Å². The summed E-state index contributed by atoms with van der Waals surface area (Å²) in [6.07, 6.45) is 4.67. The number of ketones is 1. The largest absolute Gasteiger partial charge is 0.334 e. The van der Waals surface area contributed by atoms with Crippen LogP contribution in [0, 0.1) is 5.92 Å². The van der Waals surface area contributed by atoms with Gasteiger partial charge in [0.2, 0.25) is 0 Å². The van der Waals surface area contributed by atoms with Gasteiger partial charge in [0.25, 0.3) is 0 Å². The van der Waals surface area contributed by atoms with E-state index in [4.69, 9.17) is 0 Å². The number of hydrogen-bond donors (Lipinski definition) is 0. The van der Waals surface area contributed by atoms with Gasteiger partial charge < -0.3 is 4.57 Å². The molecule has 0 aromatic carbocycles. The molecule has 1 aliphatic rings. The Hall–Kier alpha value is -1.12. The molecule has 2 rings (SSSR count). The SMILES string of the molecule is CC(=O)Cc1ncn2c1CCC(C)C2. The van der Waals surface area contributed by atoms with Crippen LogP contribution in [0.4, 0.5) is 0 Å². The van der Waals surface area contributed by atoms with Crippen molar-refractivity contribution >= 4 is 5.78 Å². The van der Waals surface area contributed by atoms with Crippen LogP contribution in [0.1, 0.15) is 31.7 Å². The molecule has 3 nitrogen and oxygen atoms in total. The third-order valence-corrected chi connectivity index (χ3v) is 2.83. The quantitative estimate of drug-likeness (QED) is 0.713. The van der Waals surface area contributed by atoms with Crippen LogP contribution in [0.2, 0.25) is 0 Å². The van der Waals surface area contributed by atoms with Gasteiger partial charge >= 0.3 is 0 Å². The first-order chi connectivity index (χ1) is 6.66. The number of hydrogen-bond acceptors (Lipinski definition) is 2. The van der Waals surface area contributed by atoms with Gasteiger partial charge in [0, 0.05) is 12.2 Å². The summed E-state index contributed by atoms with van der Waals surface area (Å²) in [5.41, 5.74) is 2.27. The van der Waals surface area contributed by atoms with Gasteiger partial charge in [-0.1, -0.05) is 6.92 Å². The maximum atomic E-state index is 11.0. The van der Waals surface area contributed by atoms with Gasteiger partial charge in [-0.15, -0.1) is 0 Å². The second kappa shape index (κ2) is 3.56. The summed E-state index contributed by atoms with van der Waals surface area (Å²) < 4.78 is 2.20. The van der Waals surface area contributed by atoms with Crippen LogP contribution in [0.15, 0.2) is 6.33 Å². The summed E-state index contributed by atoms with van der Waals surface area (Å²) in [5.74, 6) is 0.937. The zero-order valence-corrected chi connectivity index (χ0v) is 8.79. The van der Waals surface area contributed by atoms with E-state index in [2.05, 4.69) is 16.5 Å². The molecule has 1 aromatic heterocycles. The first-order valence-electron chi connectivity index (χ1n) is 5.19. The number of nitrogens with zero attached hydrogens (tertiary/aromatic N) is 2. The molecule has 0 saturated heterocycles. The molecule has 0 bridgehead atoms. The van der Waals surface area contributed by atoms with E-state index in [-0.39, 0.29) is 5.78 Å². The van der Waals surface area contributed by atoms with Crippen LogP contribution >= 0.6 is 0 Å². The topological polar surface area (TPSA) is 34.9 Å². The highest BCUT2D eigenvalue weighted by Gasteiger charge is 2.19. The van der Waals surface area contributed by atoms with Crippen molar-refractivity contribution in [1.29, 1.82) is 0 Å². The number of imidazole rings is 1. The predicted molar refractivity (Wildman–Crippen MR) is 54.1 cm³/mol.